The van der Waals surface area contributed by atoms with Gasteiger partial charge in [0, 0.05) is 3.57 Å². The number of hydrogen-bond acceptors (Lipinski definition) is 2. The van der Waals surface area contributed by atoms with Crippen LogP contribution in [0.15, 0.2) is 35.7 Å². The molecule has 0 fully saturated rings. The van der Waals surface area contributed by atoms with Crippen molar-refractivity contribution in [3.63, 3.8) is 0 Å². The van der Waals surface area contributed by atoms with Crippen molar-refractivity contribution in [2.75, 3.05) is 0 Å². The monoisotopic (exact) mass is 332 g/mol. The Morgan fingerprint density at radius 2 is 2.00 bits per heavy atom. The fraction of sp³-hybridized carbons (Fsp3) is 0. The van der Waals surface area contributed by atoms with Crippen LogP contribution in [-0.2, 0) is 0 Å². The molecule has 0 spiro atoms. The van der Waals surface area contributed by atoms with Crippen molar-refractivity contribution in [3.05, 3.63) is 55.5 Å². The average molecular weight is 332 g/mol. The van der Waals surface area contributed by atoms with Crippen LogP contribution in [0, 0.1) is 9.39 Å². The lowest BCUT2D eigenvalue weighted by Crippen LogP contribution is -2.03. The quantitative estimate of drug-likeness (QED) is 0.605. The number of rotatable bonds is 2. The summed E-state index contributed by atoms with van der Waals surface area (Å²) in [7, 11) is 0. The third-order valence-electron chi connectivity index (χ3n) is 1.94. The summed E-state index contributed by atoms with van der Waals surface area (Å²) in [5.41, 5.74) is 0.137. The Morgan fingerprint density at radius 3 is 2.60 bits per heavy atom. The predicted molar refractivity (Wildman–Crippen MR) is 66.9 cm³/mol. The van der Waals surface area contributed by atoms with Crippen molar-refractivity contribution >= 4 is 39.7 Å². The zero-order valence-corrected chi connectivity index (χ0v) is 10.5. The van der Waals surface area contributed by atoms with Gasteiger partial charge in [-0.05, 0) is 46.2 Å². The number of halogens is 2. The van der Waals surface area contributed by atoms with Gasteiger partial charge in [-0.2, -0.15) is 0 Å². The molecule has 0 aliphatic carbocycles. The highest BCUT2D eigenvalue weighted by molar-refractivity contribution is 14.1. The summed E-state index contributed by atoms with van der Waals surface area (Å²) in [5, 5.41) is 1.83. The number of carbonyl (C=O) groups excluding carboxylic acids is 1. The van der Waals surface area contributed by atoms with Gasteiger partial charge in [-0.3, -0.25) is 4.79 Å². The third-order valence-corrected chi connectivity index (χ3v) is 4.12. The fourth-order valence-electron chi connectivity index (χ4n) is 1.22. The van der Waals surface area contributed by atoms with Crippen LogP contribution in [0.5, 0.6) is 0 Å². The molecule has 0 atom stereocenters. The van der Waals surface area contributed by atoms with E-state index >= 15 is 0 Å². The summed E-state index contributed by atoms with van der Waals surface area (Å²) in [6, 6.07) is 7.89. The van der Waals surface area contributed by atoms with E-state index in [1.165, 1.54) is 23.5 Å². The first-order valence-corrected chi connectivity index (χ1v) is 6.18. The molecule has 1 nitrogen and oxygen atoms in total. The molecular formula is C11H6FIOS. The van der Waals surface area contributed by atoms with E-state index in [2.05, 4.69) is 22.6 Å². The van der Waals surface area contributed by atoms with Crippen molar-refractivity contribution < 1.29 is 9.18 Å². The number of hydrogen-bond donors (Lipinski definition) is 0. The Kier molecular flexibility index (Phi) is 3.16. The minimum absolute atomic E-state index is 0.137. The van der Waals surface area contributed by atoms with Crippen molar-refractivity contribution in [1.29, 1.82) is 0 Å². The van der Waals surface area contributed by atoms with Crippen LogP contribution in [0.3, 0.4) is 0 Å². The van der Waals surface area contributed by atoms with Crippen LogP contribution in [-0.4, -0.2) is 5.78 Å². The molecule has 4 heteroatoms. The third kappa shape index (κ3) is 2.10. The second-order valence-electron chi connectivity index (χ2n) is 2.91. The molecule has 76 valence electrons. The van der Waals surface area contributed by atoms with E-state index in [0.717, 1.165) is 3.57 Å². The van der Waals surface area contributed by atoms with Gasteiger partial charge in [0.25, 0.3) is 0 Å². The van der Waals surface area contributed by atoms with E-state index in [1.807, 2.05) is 11.4 Å². The summed E-state index contributed by atoms with van der Waals surface area (Å²) in [6.07, 6.45) is 0. The summed E-state index contributed by atoms with van der Waals surface area (Å²) >= 11 is 3.41. The van der Waals surface area contributed by atoms with Gasteiger partial charge in [0.05, 0.1) is 10.4 Å². The minimum atomic E-state index is -0.466. The molecule has 0 unspecified atom stereocenters. The molecule has 1 aromatic heterocycles. The highest BCUT2D eigenvalue weighted by Crippen LogP contribution is 2.23. The number of benzene rings is 1. The summed E-state index contributed by atoms with van der Waals surface area (Å²) in [4.78, 5) is 12.5. The first-order chi connectivity index (χ1) is 7.20. The maximum absolute atomic E-state index is 13.3. The topological polar surface area (TPSA) is 17.1 Å². The second-order valence-corrected chi connectivity index (χ2v) is 4.98. The molecule has 2 rings (SSSR count). The first-order valence-electron chi connectivity index (χ1n) is 4.22. The maximum Gasteiger partial charge on any atom is 0.206 e. The lowest BCUT2D eigenvalue weighted by Gasteiger charge is -2.00. The molecule has 1 heterocycles. The van der Waals surface area contributed by atoms with E-state index in [1.54, 1.807) is 12.1 Å². The van der Waals surface area contributed by atoms with Gasteiger partial charge in [-0.25, -0.2) is 4.39 Å². The second kappa shape index (κ2) is 4.40. The normalized spacial score (nSPS) is 10.3. The lowest BCUT2D eigenvalue weighted by molar-refractivity contribution is 0.103. The largest absolute Gasteiger partial charge is 0.288 e. The minimum Gasteiger partial charge on any atom is -0.288 e. The Bertz CT molecular complexity index is 507. The first kappa shape index (κ1) is 10.8. The number of ketones is 1. The summed E-state index contributed by atoms with van der Waals surface area (Å²) < 4.78 is 14.2. The van der Waals surface area contributed by atoms with Crippen LogP contribution in [0.2, 0.25) is 0 Å². The smallest absolute Gasteiger partial charge is 0.206 e. The molecule has 0 aliphatic heterocycles. The molecule has 0 bridgehead atoms. The molecule has 0 amide bonds. The zero-order chi connectivity index (χ0) is 10.8. The van der Waals surface area contributed by atoms with Crippen LogP contribution in [0.1, 0.15) is 15.2 Å². The fourth-order valence-corrected chi connectivity index (χ4v) is 3.01. The average Bonchev–Trinajstić information content (AvgIpc) is 2.64. The van der Waals surface area contributed by atoms with Crippen LogP contribution in [0.4, 0.5) is 4.39 Å². The SMILES string of the molecule is O=C(c1ccccc1F)c1sccc1I. The molecule has 0 saturated heterocycles. The number of thiophene rings is 1. The van der Waals surface area contributed by atoms with Crippen molar-refractivity contribution in [2.45, 2.75) is 0 Å². The van der Waals surface area contributed by atoms with Crippen LogP contribution in [0.25, 0.3) is 0 Å². The Hall–Kier alpha value is -0.750. The predicted octanol–water partition coefficient (Wildman–Crippen LogP) is 3.72. The Morgan fingerprint density at radius 1 is 1.27 bits per heavy atom. The van der Waals surface area contributed by atoms with Gasteiger partial charge in [0.1, 0.15) is 5.82 Å². The molecule has 1 aromatic carbocycles. The zero-order valence-electron chi connectivity index (χ0n) is 7.54. The van der Waals surface area contributed by atoms with Crippen molar-refractivity contribution in [3.8, 4) is 0 Å². The van der Waals surface area contributed by atoms with Gasteiger partial charge in [0.15, 0.2) is 0 Å². The maximum atomic E-state index is 13.3. The van der Waals surface area contributed by atoms with Gasteiger partial charge in [0.2, 0.25) is 5.78 Å². The van der Waals surface area contributed by atoms with Crippen molar-refractivity contribution in [1.82, 2.24) is 0 Å². The van der Waals surface area contributed by atoms with Gasteiger partial charge in [-0.15, -0.1) is 11.3 Å². The van der Waals surface area contributed by atoms with Gasteiger partial charge in [-0.1, -0.05) is 12.1 Å². The highest BCUT2D eigenvalue weighted by Gasteiger charge is 2.16. The number of carbonyl (C=O) groups is 1. The molecule has 0 radical (unpaired) electrons. The van der Waals surface area contributed by atoms with Gasteiger partial charge >= 0.3 is 0 Å². The van der Waals surface area contributed by atoms with E-state index in [9.17, 15) is 9.18 Å². The molecule has 15 heavy (non-hydrogen) atoms. The highest BCUT2D eigenvalue weighted by atomic mass is 127. The molecule has 0 N–H and O–H groups in total. The Balaban J connectivity index is 2.46. The lowest BCUT2D eigenvalue weighted by atomic mass is 10.1. The van der Waals surface area contributed by atoms with Gasteiger partial charge < -0.3 is 0 Å². The van der Waals surface area contributed by atoms with Crippen LogP contribution < -0.4 is 0 Å². The van der Waals surface area contributed by atoms with E-state index in [-0.39, 0.29) is 11.3 Å². The van der Waals surface area contributed by atoms with Crippen molar-refractivity contribution in [2.24, 2.45) is 0 Å². The molecule has 2 aromatic rings. The molecule has 0 aliphatic rings. The van der Waals surface area contributed by atoms with Crippen LogP contribution >= 0.6 is 33.9 Å². The Labute approximate surface area is 104 Å². The molecular weight excluding hydrogens is 326 g/mol. The van der Waals surface area contributed by atoms with E-state index in [0.29, 0.717) is 4.88 Å². The summed E-state index contributed by atoms with van der Waals surface area (Å²) in [6.45, 7) is 0. The standard InChI is InChI=1S/C11H6FIOS/c12-8-4-2-1-3-7(8)10(14)11-9(13)5-6-15-11/h1-6H. The summed E-state index contributed by atoms with van der Waals surface area (Å²) in [5.74, 6) is -0.709. The van der Waals surface area contributed by atoms with E-state index in [4.69, 9.17) is 0 Å². The van der Waals surface area contributed by atoms with E-state index < -0.39 is 5.82 Å². The molecule has 0 saturated carbocycles.